The van der Waals surface area contributed by atoms with E-state index >= 15 is 0 Å². The summed E-state index contributed by atoms with van der Waals surface area (Å²) >= 11 is 1.66. The highest BCUT2D eigenvalue weighted by Gasteiger charge is 2.36. The van der Waals surface area contributed by atoms with Crippen molar-refractivity contribution in [3.63, 3.8) is 0 Å². The van der Waals surface area contributed by atoms with Crippen LogP contribution in [0.2, 0.25) is 0 Å². The molecule has 2 fully saturated rings. The first kappa shape index (κ1) is 18.3. The van der Waals surface area contributed by atoms with Crippen molar-refractivity contribution < 1.29 is 9.59 Å². The predicted molar refractivity (Wildman–Crippen MR) is 95.3 cm³/mol. The van der Waals surface area contributed by atoms with Crippen molar-refractivity contribution in [1.29, 1.82) is 0 Å². The Labute approximate surface area is 143 Å². The zero-order valence-electron chi connectivity index (χ0n) is 14.5. The van der Waals surface area contributed by atoms with Gasteiger partial charge >= 0.3 is 0 Å². The summed E-state index contributed by atoms with van der Waals surface area (Å²) in [5.74, 6) is 1.32. The molecule has 0 radical (unpaired) electrons. The van der Waals surface area contributed by atoms with Crippen LogP contribution in [0.25, 0.3) is 0 Å². The van der Waals surface area contributed by atoms with Gasteiger partial charge in [0.2, 0.25) is 5.91 Å². The third-order valence-electron chi connectivity index (χ3n) is 4.67. The monoisotopic (exact) mass is 339 g/mol. The number of carbonyl (C=O) groups excluding carboxylic acids is 2. The lowest BCUT2D eigenvalue weighted by atomic mass is 10.0. The molecule has 0 aromatic rings. The van der Waals surface area contributed by atoms with Crippen molar-refractivity contribution in [2.75, 3.05) is 31.3 Å². The highest BCUT2D eigenvalue weighted by atomic mass is 32.2. The van der Waals surface area contributed by atoms with Crippen LogP contribution in [0.3, 0.4) is 0 Å². The highest BCUT2D eigenvalue weighted by molar-refractivity contribution is 7.99. The van der Waals surface area contributed by atoms with Gasteiger partial charge in [-0.05, 0) is 32.7 Å². The van der Waals surface area contributed by atoms with Crippen LogP contribution in [-0.4, -0.2) is 65.0 Å². The maximum Gasteiger partial charge on any atom is 0.250 e. The van der Waals surface area contributed by atoms with Gasteiger partial charge in [-0.1, -0.05) is 19.9 Å². The molecule has 0 bridgehead atoms. The van der Waals surface area contributed by atoms with Gasteiger partial charge in [-0.2, -0.15) is 0 Å². The Morgan fingerprint density at radius 1 is 1.26 bits per heavy atom. The number of hydrogen-bond donors (Lipinski definition) is 1. The van der Waals surface area contributed by atoms with Crippen molar-refractivity contribution >= 4 is 23.6 Å². The van der Waals surface area contributed by atoms with Gasteiger partial charge in [0, 0.05) is 30.5 Å². The van der Waals surface area contributed by atoms with Crippen LogP contribution in [0.4, 0.5) is 0 Å². The van der Waals surface area contributed by atoms with E-state index in [1.54, 1.807) is 16.7 Å². The first-order valence-electron chi connectivity index (χ1n) is 8.65. The number of piperidine rings is 1. The molecule has 2 heterocycles. The lowest BCUT2D eigenvalue weighted by Gasteiger charge is -2.32. The van der Waals surface area contributed by atoms with Crippen molar-refractivity contribution in [2.24, 2.45) is 0 Å². The van der Waals surface area contributed by atoms with E-state index in [4.69, 9.17) is 0 Å². The molecule has 2 aliphatic heterocycles. The van der Waals surface area contributed by atoms with E-state index in [2.05, 4.69) is 17.1 Å². The molecule has 130 valence electrons. The summed E-state index contributed by atoms with van der Waals surface area (Å²) in [6.07, 6.45) is 4.77. The summed E-state index contributed by atoms with van der Waals surface area (Å²) < 4.78 is 0. The molecule has 0 aromatic heterocycles. The van der Waals surface area contributed by atoms with Crippen LogP contribution in [0, 0.1) is 0 Å². The lowest BCUT2D eigenvalue weighted by Crippen LogP contribution is -2.52. The summed E-state index contributed by atoms with van der Waals surface area (Å²) in [6, 6.07) is -0.0722. The Morgan fingerprint density at radius 3 is 2.57 bits per heavy atom. The number of likely N-dealkylation sites (tertiary alicyclic amines) is 1. The molecule has 0 saturated carbocycles. The van der Waals surface area contributed by atoms with Crippen LogP contribution in [-0.2, 0) is 9.59 Å². The fourth-order valence-electron chi connectivity index (χ4n) is 3.17. The van der Waals surface area contributed by atoms with E-state index in [1.807, 2.05) is 19.9 Å². The number of carbonyl (C=O) groups is 2. The second-order valence-corrected chi connectivity index (χ2v) is 7.30. The van der Waals surface area contributed by atoms with Gasteiger partial charge in [-0.3, -0.25) is 9.59 Å². The van der Waals surface area contributed by atoms with Gasteiger partial charge < -0.3 is 15.1 Å². The van der Waals surface area contributed by atoms with E-state index < -0.39 is 0 Å². The molecule has 2 aliphatic rings. The molecule has 2 amide bonds. The van der Waals surface area contributed by atoms with Gasteiger partial charge in [-0.15, -0.1) is 11.8 Å². The Hall–Kier alpha value is -1.01. The maximum absolute atomic E-state index is 12.6. The standard InChI is InChI=1S/C17H29N3O2S/c1-4-6-13(3)17(22)20-12-23-11-15(20)16(21)18-14-7-9-19(5-2)10-8-14/h6,14-15H,4-5,7-12H2,1-3H3,(H,18,21)/b13-6-/t15-/m1/s1. The molecular weight excluding hydrogens is 310 g/mol. The van der Waals surface area contributed by atoms with Crippen LogP contribution >= 0.6 is 11.8 Å². The molecule has 1 N–H and O–H groups in total. The van der Waals surface area contributed by atoms with Crippen LogP contribution in [0.15, 0.2) is 11.6 Å². The van der Waals surface area contributed by atoms with E-state index in [0.717, 1.165) is 44.5 Å². The third-order valence-corrected chi connectivity index (χ3v) is 5.69. The maximum atomic E-state index is 12.6. The molecule has 0 aliphatic carbocycles. The SMILES string of the molecule is CC/C=C(/C)C(=O)N1CSC[C@@H]1C(=O)NC1CCN(CC)CC1. The van der Waals surface area contributed by atoms with Gasteiger partial charge in [-0.25, -0.2) is 0 Å². The van der Waals surface area contributed by atoms with Crippen LogP contribution in [0.1, 0.15) is 40.0 Å². The Balaban J connectivity index is 1.91. The Kier molecular flexibility index (Phi) is 6.96. The zero-order chi connectivity index (χ0) is 16.8. The average Bonchev–Trinajstić information content (AvgIpc) is 3.04. The summed E-state index contributed by atoms with van der Waals surface area (Å²) in [7, 11) is 0. The minimum atomic E-state index is -0.322. The van der Waals surface area contributed by atoms with Crippen LogP contribution in [0.5, 0.6) is 0 Å². The Morgan fingerprint density at radius 2 is 1.96 bits per heavy atom. The smallest absolute Gasteiger partial charge is 0.250 e. The predicted octanol–water partition coefficient (Wildman–Crippen LogP) is 1.84. The zero-order valence-corrected chi connectivity index (χ0v) is 15.3. The normalized spacial score (nSPS) is 24.0. The molecule has 23 heavy (non-hydrogen) atoms. The Bertz CT molecular complexity index is 459. The number of amides is 2. The van der Waals surface area contributed by atoms with Crippen molar-refractivity contribution in [3.8, 4) is 0 Å². The van der Waals surface area contributed by atoms with E-state index in [1.165, 1.54) is 0 Å². The third kappa shape index (κ3) is 4.73. The molecule has 6 heteroatoms. The molecule has 2 rings (SSSR count). The van der Waals surface area contributed by atoms with E-state index in [-0.39, 0.29) is 23.9 Å². The summed E-state index contributed by atoms with van der Waals surface area (Å²) in [6.45, 7) is 9.19. The first-order chi connectivity index (χ1) is 11.1. The van der Waals surface area contributed by atoms with Gasteiger partial charge in [0.1, 0.15) is 6.04 Å². The van der Waals surface area contributed by atoms with E-state index in [9.17, 15) is 9.59 Å². The molecular formula is C17H29N3O2S. The largest absolute Gasteiger partial charge is 0.351 e. The topological polar surface area (TPSA) is 52.7 Å². The molecule has 0 aromatic carbocycles. The fraction of sp³-hybridized carbons (Fsp3) is 0.765. The molecule has 5 nitrogen and oxygen atoms in total. The molecule has 1 atom stereocenters. The van der Waals surface area contributed by atoms with Crippen molar-refractivity contribution in [1.82, 2.24) is 15.1 Å². The second-order valence-electron chi connectivity index (χ2n) is 6.30. The second kappa shape index (κ2) is 8.73. The first-order valence-corrected chi connectivity index (χ1v) is 9.80. The number of rotatable bonds is 5. The summed E-state index contributed by atoms with van der Waals surface area (Å²) in [4.78, 5) is 29.2. The van der Waals surface area contributed by atoms with Gasteiger partial charge in [0.15, 0.2) is 0 Å². The quantitative estimate of drug-likeness (QED) is 0.777. The molecule has 2 saturated heterocycles. The minimum absolute atomic E-state index is 0.00203. The number of hydrogen-bond acceptors (Lipinski definition) is 4. The highest BCUT2D eigenvalue weighted by Crippen LogP contribution is 2.23. The number of thioether (sulfide) groups is 1. The number of nitrogens with one attached hydrogen (secondary N) is 1. The van der Waals surface area contributed by atoms with Crippen molar-refractivity contribution in [3.05, 3.63) is 11.6 Å². The number of nitrogens with zero attached hydrogens (tertiary/aromatic N) is 2. The van der Waals surface area contributed by atoms with Crippen LogP contribution < -0.4 is 5.32 Å². The minimum Gasteiger partial charge on any atom is -0.351 e. The fourth-order valence-corrected chi connectivity index (χ4v) is 4.32. The van der Waals surface area contributed by atoms with Gasteiger partial charge in [0.25, 0.3) is 5.91 Å². The lowest BCUT2D eigenvalue weighted by molar-refractivity contribution is -0.135. The molecule has 0 spiro atoms. The summed E-state index contributed by atoms with van der Waals surface area (Å²) in [5.41, 5.74) is 0.740. The molecule has 0 unspecified atom stereocenters. The van der Waals surface area contributed by atoms with E-state index in [0.29, 0.717) is 11.6 Å². The van der Waals surface area contributed by atoms with Crippen molar-refractivity contribution in [2.45, 2.75) is 52.1 Å². The number of allylic oxidation sites excluding steroid dienone is 1. The average molecular weight is 340 g/mol. The summed E-state index contributed by atoms with van der Waals surface area (Å²) in [5, 5.41) is 3.17. The van der Waals surface area contributed by atoms with Gasteiger partial charge in [0.05, 0.1) is 5.88 Å².